The van der Waals surface area contributed by atoms with E-state index in [1.165, 1.54) is 14.2 Å². The van der Waals surface area contributed by atoms with Gasteiger partial charge in [0.2, 0.25) is 0 Å². The van der Waals surface area contributed by atoms with Crippen molar-refractivity contribution >= 4 is 27.3 Å². The summed E-state index contributed by atoms with van der Waals surface area (Å²) >= 11 is 5.38. The topological polar surface area (TPSA) is 21.3 Å². The normalized spacial score (nSPS) is 10.8. The molecule has 0 aliphatic rings. The Morgan fingerprint density at radius 2 is 2.29 bits per heavy atom. The first kappa shape index (κ1) is 12.2. The minimum Gasteiger partial charge on any atom is -0.383 e. The summed E-state index contributed by atoms with van der Waals surface area (Å²) in [7, 11) is 1.72. The van der Waals surface area contributed by atoms with Gasteiger partial charge in [0, 0.05) is 34.4 Å². The fraction of sp³-hybridized carbons (Fsp3) is 0.600. The van der Waals surface area contributed by atoms with E-state index >= 15 is 0 Å². The van der Waals surface area contributed by atoms with Gasteiger partial charge in [0.15, 0.2) is 0 Å². The Hall–Kier alpha value is 0.1000. The van der Waals surface area contributed by atoms with E-state index in [4.69, 9.17) is 4.74 Å². The van der Waals surface area contributed by atoms with Crippen molar-refractivity contribution < 1.29 is 4.74 Å². The van der Waals surface area contributed by atoms with Crippen LogP contribution >= 0.6 is 27.3 Å². The number of methoxy groups -OCH3 is 1. The predicted octanol–water partition coefficient (Wildman–Crippen LogP) is 2.60. The van der Waals surface area contributed by atoms with Gasteiger partial charge in [-0.2, -0.15) is 0 Å². The van der Waals surface area contributed by atoms with Crippen molar-refractivity contribution in [3.63, 3.8) is 0 Å². The number of aryl methyl sites for hydroxylation is 1. The largest absolute Gasteiger partial charge is 0.383 e. The van der Waals surface area contributed by atoms with Crippen LogP contribution in [-0.4, -0.2) is 26.8 Å². The van der Waals surface area contributed by atoms with E-state index in [9.17, 15) is 0 Å². The number of rotatable bonds is 6. The van der Waals surface area contributed by atoms with Crippen LogP contribution in [0, 0.1) is 6.92 Å². The van der Waals surface area contributed by atoms with Crippen LogP contribution in [-0.2, 0) is 11.2 Å². The molecule has 0 saturated heterocycles. The summed E-state index contributed by atoms with van der Waals surface area (Å²) in [5, 5.41) is 3.33. The number of nitrogens with one attached hydrogen (secondary N) is 1. The van der Waals surface area contributed by atoms with Crippen molar-refractivity contribution in [1.82, 2.24) is 5.32 Å². The van der Waals surface area contributed by atoms with Crippen LogP contribution in [0.1, 0.15) is 9.75 Å². The predicted molar refractivity (Wildman–Crippen MR) is 65.2 cm³/mol. The zero-order chi connectivity index (χ0) is 10.4. The molecule has 1 aromatic heterocycles. The summed E-state index contributed by atoms with van der Waals surface area (Å²) in [5.74, 6) is 0. The summed E-state index contributed by atoms with van der Waals surface area (Å²) < 4.78 is 6.18. The summed E-state index contributed by atoms with van der Waals surface area (Å²) in [6.45, 7) is 4.88. The molecule has 0 radical (unpaired) electrons. The second-order valence-corrected chi connectivity index (χ2v) is 5.30. The van der Waals surface area contributed by atoms with Gasteiger partial charge >= 0.3 is 0 Å². The van der Waals surface area contributed by atoms with E-state index in [0.29, 0.717) is 0 Å². The number of hydrogen-bond donors (Lipinski definition) is 1. The van der Waals surface area contributed by atoms with Gasteiger partial charge in [-0.25, -0.2) is 0 Å². The van der Waals surface area contributed by atoms with Gasteiger partial charge in [-0.1, -0.05) is 0 Å². The maximum atomic E-state index is 4.95. The summed E-state index contributed by atoms with van der Waals surface area (Å²) in [6, 6.07) is 2.21. The van der Waals surface area contributed by atoms with Crippen LogP contribution in [0.3, 0.4) is 0 Å². The zero-order valence-electron chi connectivity index (χ0n) is 8.60. The maximum absolute atomic E-state index is 4.95. The molecule has 1 N–H and O–H groups in total. The minimum atomic E-state index is 0.785. The SMILES string of the molecule is COCCNCCc1cc(Br)c(C)s1. The van der Waals surface area contributed by atoms with Gasteiger partial charge in [-0.3, -0.25) is 0 Å². The average molecular weight is 278 g/mol. The molecule has 0 spiro atoms. The third-order valence-electron chi connectivity index (χ3n) is 1.94. The first-order chi connectivity index (χ1) is 6.74. The lowest BCUT2D eigenvalue weighted by molar-refractivity contribution is 0.199. The number of thiophene rings is 1. The minimum absolute atomic E-state index is 0.785. The highest BCUT2D eigenvalue weighted by atomic mass is 79.9. The molecular weight excluding hydrogens is 262 g/mol. The highest BCUT2D eigenvalue weighted by Crippen LogP contribution is 2.26. The second kappa shape index (κ2) is 6.56. The average Bonchev–Trinajstić information content (AvgIpc) is 2.46. The van der Waals surface area contributed by atoms with Gasteiger partial charge in [-0.05, 0) is 35.3 Å². The number of ether oxygens (including phenoxy) is 1. The van der Waals surface area contributed by atoms with Gasteiger partial charge in [0.25, 0.3) is 0 Å². The van der Waals surface area contributed by atoms with Crippen molar-refractivity contribution in [2.24, 2.45) is 0 Å². The molecule has 80 valence electrons. The molecule has 0 aliphatic heterocycles. The molecule has 0 unspecified atom stereocenters. The molecule has 1 rings (SSSR count). The molecule has 0 atom stereocenters. The fourth-order valence-corrected chi connectivity index (χ4v) is 2.75. The van der Waals surface area contributed by atoms with Crippen LogP contribution in [0.2, 0.25) is 0 Å². The number of hydrogen-bond acceptors (Lipinski definition) is 3. The van der Waals surface area contributed by atoms with Crippen LogP contribution in [0.4, 0.5) is 0 Å². The van der Waals surface area contributed by atoms with Crippen molar-refractivity contribution in [3.05, 3.63) is 20.3 Å². The van der Waals surface area contributed by atoms with Crippen molar-refractivity contribution in [2.45, 2.75) is 13.3 Å². The van der Waals surface area contributed by atoms with E-state index in [1.54, 1.807) is 7.11 Å². The number of halogens is 1. The van der Waals surface area contributed by atoms with Crippen LogP contribution in [0.25, 0.3) is 0 Å². The van der Waals surface area contributed by atoms with Crippen molar-refractivity contribution in [3.8, 4) is 0 Å². The highest BCUT2D eigenvalue weighted by Gasteiger charge is 2.01. The second-order valence-electron chi connectivity index (χ2n) is 3.11. The molecule has 0 saturated carbocycles. The molecule has 0 amide bonds. The van der Waals surface area contributed by atoms with Crippen LogP contribution in [0.5, 0.6) is 0 Å². The van der Waals surface area contributed by atoms with E-state index in [0.717, 1.165) is 26.1 Å². The van der Waals surface area contributed by atoms with Crippen molar-refractivity contribution in [2.75, 3.05) is 26.8 Å². The Balaban J connectivity index is 2.18. The monoisotopic (exact) mass is 277 g/mol. The summed E-state index contributed by atoms with van der Waals surface area (Å²) in [4.78, 5) is 2.79. The lowest BCUT2D eigenvalue weighted by Crippen LogP contribution is -2.21. The van der Waals surface area contributed by atoms with Crippen LogP contribution in [0.15, 0.2) is 10.5 Å². The third kappa shape index (κ3) is 4.09. The molecule has 14 heavy (non-hydrogen) atoms. The van der Waals surface area contributed by atoms with Gasteiger partial charge in [0.05, 0.1) is 6.61 Å². The van der Waals surface area contributed by atoms with E-state index < -0.39 is 0 Å². The Morgan fingerprint density at radius 1 is 1.50 bits per heavy atom. The van der Waals surface area contributed by atoms with Crippen molar-refractivity contribution in [1.29, 1.82) is 0 Å². The molecule has 4 heteroatoms. The molecule has 0 aliphatic carbocycles. The van der Waals surface area contributed by atoms with E-state index in [-0.39, 0.29) is 0 Å². The Morgan fingerprint density at radius 3 is 2.86 bits per heavy atom. The molecule has 0 fully saturated rings. The third-order valence-corrected chi connectivity index (χ3v) is 4.14. The first-order valence-corrected chi connectivity index (χ1v) is 6.29. The molecule has 0 bridgehead atoms. The maximum Gasteiger partial charge on any atom is 0.0587 e. The summed E-state index contributed by atoms with van der Waals surface area (Å²) in [5.41, 5.74) is 0. The highest BCUT2D eigenvalue weighted by molar-refractivity contribution is 9.10. The van der Waals surface area contributed by atoms with Gasteiger partial charge < -0.3 is 10.1 Å². The Bertz CT molecular complexity index is 256. The molecule has 0 aromatic carbocycles. The molecular formula is C10H16BrNOS. The van der Waals surface area contributed by atoms with Gasteiger partial charge in [-0.15, -0.1) is 11.3 Å². The lowest BCUT2D eigenvalue weighted by atomic mass is 10.3. The Kier molecular flexibility index (Phi) is 5.70. The van der Waals surface area contributed by atoms with E-state index in [1.807, 2.05) is 11.3 Å². The zero-order valence-corrected chi connectivity index (χ0v) is 11.0. The Labute approximate surface area is 97.8 Å². The fourth-order valence-electron chi connectivity index (χ4n) is 1.15. The first-order valence-electron chi connectivity index (χ1n) is 4.68. The van der Waals surface area contributed by atoms with E-state index in [2.05, 4.69) is 34.2 Å². The van der Waals surface area contributed by atoms with Crippen LogP contribution < -0.4 is 5.32 Å². The standard InChI is InChI=1S/C10H16BrNOS/c1-8-10(11)7-9(14-8)3-4-12-5-6-13-2/h7,12H,3-6H2,1-2H3. The lowest BCUT2D eigenvalue weighted by Gasteiger charge is -2.01. The quantitative estimate of drug-likeness (QED) is 0.808. The van der Waals surface area contributed by atoms with Gasteiger partial charge in [0.1, 0.15) is 0 Å². The molecule has 1 heterocycles. The molecule has 1 aromatic rings. The molecule has 2 nitrogen and oxygen atoms in total. The smallest absolute Gasteiger partial charge is 0.0587 e. The summed E-state index contributed by atoms with van der Waals surface area (Å²) in [6.07, 6.45) is 1.10.